The average molecular weight is 382 g/mol. The molecule has 0 bridgehead atoms. The Hall–Kier alpha value is -3.35. The van der Waals surface area contributed by atoms with Gasteiger partial charge in [0.2, 0.25) is 5.82 Å². The number of methoxy groups -OCH3 is 1. The molecule has 0 aliphatic carbocycles. The highest BCUT2D eigenvalue weighted by atomic mass is 16.6. The number of nitrogens with zero attached hydrogens (tertiary/aromatic N) is 2. The molecule has 0 aliphatic rings. The van der Waals surface area contributed by atoms with Crippen LogP contribution in [0.1, 0.15) is 31.2 Å². The maximum atomic E-state index is 11.9. The van der Waals surface area contributed by atoms with Gasteiger partial charge in [0.1, 0.15) is 11.5 Å². The van der Waals surface area contributed by atoms with Crippen molar-refractivity contribution in [3.05, 3.63) is 60.0 Å². The minimum atomic E-state index is -0.523. The minimum Gasteiger partial charge on any atom is -0.496 e. The van der Waals surface area contributed by atoms with E-state index < -0.39 is 5.97 Å². The van der Waals surface area contributed by atoms with Crippen LogP contribution in [0.3, 0.4) is 0 Å². The molecule has 0 saturated carbocycles. The Labute approximate surface area is 163 Å². The highest BCUT2D eigenvalue weighted by molar-refractivity contribution is 5.71. The standard InChI is InChI=1S/C21H22N2O5/c1-14(2)15-8-10-16(11-9-15)26-13-20(24)27-12-19-22-21(23-28-19)17-6-4-5-7-18(17)25-3/h4-11,14H,12-13H2,1-3H3. The van der Waals surface area contributed by atoms with Crippen molar-refractivity contribution in [2.45, 2.75) is 26.4 Å². The Kier molecular flexibility index (Phi) is 6.26. The lowest BCUT2D eigenvalue weighted by atomic mass is 10.0. The zero-order chi connectivity index (χ0) is 19.9. The highest BCUT2D eigenvalue weighted by Gasteiger charge is 2.14. The second kappa shape index (κ2) is 9.03. The third-order valence-electron chi connectivity index (χ3n) is 4.08. The number of benzene rings is 2. The fraction of sp³-hybridized carbons (Fsp3) is 0.286. The second-order valence-corrected chi connectivity index (χ2v) is 6.39. The average Bonchev–Trinajstić information content (AvgIpc) is 3.20. The Morgan fingerprint density at radius 1 is 1.11 bits per heavy atom. The molecule has 28 heavy (non-hydrogen) atoms. The van der Waals surface area contributed by atoms with Gasteiger partial charge in [0.05, 0.1) is 12.7 Å². The summed E-state index contributed by atoms with van der Waals surface area (Å²) in [6, 6.07) is 14.9. The van der Waals surface area contributed by atoms with E-state index in [1.165, 1.54) is 5.56 Å². The van der Waals surface area contributed by atoms with Gasteiger partial charge in [-0.25, -0.2) is 4.79 Å². The van der Waals surface area contributed by atoms with Crippen LogP contribution in [-0.2, 0) is 16.1 Å². The van der Waals surface area contributed by atoms with Crippen molar-refractivity contribution in [3.8, 4) is 22.9 Å². The van der Waals surface area contributed by atoms with Crippen molar-refractivity contribution in [1.82, 2.24) is 10.1 Å². The maximum Gasteiger partial charge on any atom is 0.344 e. The van der Waals surface area contributed by atoms with Crippen molar-refractivity contribution in [1.29, 1.82) is 0 Å². The van der Waals surface area contributed by atoms with Crippen LogP contribution in [0.2, 0.25) is 0 Å². The smallest absolute Gasteiger partial charge is 0.344 e. The van der Waals surface area contributed by atoms with E-state index in [-0.39, 0.29) is 19.1 Å². The van der Waals surface area contributed by atoms with Crippen molar-refractivity contribution in [2.75, 3.05) is 13.7 Å². The molecule has 0 radical (unpaired) electrons. The summed E-state index contributed by atoms with van der Waals surface area (Å²) in [6.07, 6.45) is 0. The van der Waals surface area contributed by atoms with Crippen LogP contribution >= 0.6 is 0 Å². The SMILES string of the molecule is COc1ccccc1-c1noc(COC(=O)COc2ccc(C(C)C)cc2)n1. The number of rotatable bonds is 8. The lowest BCUT2D eigenvalue weighted by Gasteiger charge is -2.08. The molecule has 0 saturated heterocycles. The third kappa shape index (κ3) is 4.88. The molecule has 146 valence electrons. The molecule has 0 unspecified atom stereocenters. The summed E-state index contributed by atoms with van der Waals surface area (Å²) < 4.78 is 21.0. The lowest BCUT2D eigenvalue weighted by Crippen LogP contribution is -2.14. The number of carbonyl (C=O) groups excluding carboxylic acids is 1. The van der Waals surface area contributed by atoms with E-state index in [1.807, 2.05) is 42.5 Å². The fourth-order valence-electron chi connectivity index (χ4n) is 2.53. The number of esters is 1. The Morgan fingerprint density at radius 3 is 2.57 bits per heavy atom. The molecular weight excluding hydrogens is 360 g/mol. The molecule has 0 atom stereocenters. The lowest BCUT2D eigenvalue weighted by molar-refractivity contribution is -0.148. The molecular formula is C21H22N2O5. The normalized spacial score (nSPS) is 10.7. The van der Waals surface area contributed by atoms with Crippen molar-refractivity contribution in [2.24, 2.45) is 0 Å². The van der Waals surface area contributed by atoms with E-state index in [4.69, 9.17) is 18.7 Å². The number of carbonyl (C=O) groups is 1. The molecule has 1 aromatic heterocycles. The van der Waals surface area contributed by atoms with Gasteiger partial charge in [-0.3, -0.25) is 0 Å². The van der Waals surface area contributed by atoms with Crippen LogP contribution in [-0.4, -0.2) is 29.8 Å². The quantitative estimate of drug-likeness (QED) is 0.545. The van der Waals surface area contributed by atoms with Crippen LogP contribution in [0.25, 0.3) is 11.4 Å². The fourth-order valence-corrected chi connectivity index (χ4v) is 2.53. The molecule has 7 heteroatoms. The van der Waals surface area contributed by atoms with Gasteiger partial charge < -0.3 is 18.7 Å². The first kappa shape index (κ1) is 19.4. The number of aromatic nitrogens is 2. The molecule has 2 aromatic carbocycles. The van der Waals surface area contributed by atoms with Gasteiger partial charge in [-0.15, -0.1) is 0 Å². The largest absolute Gasteiger partial charge is 0.496 e. The van der Waals surface area contributed by atoms with Gasteiger partial charge >= 0.3 is 5.97 Å². The van der Waals surface area contributed by atoms with E-state index in [1.54, 1.807) is 13.2 Å². The van der Waals surface area contributed by atoms with Crippen LogP contribution in [0, 0.1) is 0 Å². The molecule has 0 aliphatic heterocycles. The molecule has 7 nitrogen and oxygen atoms in total. The van der Waals surface area contributed by atoms with Crippen LogP contribution in [0.15, 0.2) is 53.1 Å². The van der Waals surface area contributed by atoms with Crippen molar-refractivity contribution < 1.29 is 23.5 Å². The van der Waals surface area contributed by atoms with E-state index in [0.29, 0.717) is 28.8 Å². The van der Waals surface area contributed by atoms with Gasteiger partial charge in [0.25, 0.3) is 5.89 Å². The van der Waals surface area contributed by atoms with Gasteiger partial charge in [-0.05, 0) is 35.7 Å². The third-order valence-corrected chi connectivity index (χ3v) is 4.08. The zero-order valence-corrected chi connectivity index (χ0v) is 16.0. The Bertz CT molecular complexity index is 919. The first-order valence-electron chi connectivity index (χ1n) is 8.91. The molecule has 1 heterocycles. The summed E-state index contributed by atoms with van der Waals surface area (Å²) in [5.41, 5.74) is 1.90. The Balaban J connectivity index is 1.50. The van der Waals surface area contributed by atoms with Crippen LogP contribution in [0.4, 0.5) is 0 Å². The second-order valence-electron chi connectivity index (χ2n) is 6.39. The number of hydrogen-bond donors (Lipinski definition) is 0. The maximum absolute atomic E-state index is 11.9. The molecule has 0 fully saturated rings. The summed E-state index contributed by atoms with van der Waals surface area (Å²) >= 11 is 0. The summed E-state index contributed by atoms with van der Waals surface area (Å²) in [5.74, 6) is 1.71. The van der Waals surface area contributed by atoms with Gasteiger partial charge in [0.15, 0.2) is 13.2 Å². The predicted octanol–water partition coefficient (Wildman–Crippen LogP) is 3.99. The molecule has 0 N–H and O–H groups in total. The van der Waals surface area contributed by atoms with Gasteiger partial charge in [0, 0.05) is 0 Å². The van der Waals surface area contributed by atoms with Gasteiger partial charge in [-0.1, -0.05) is 43.3 Å². The number of ether oxygens (including phenoxy) is 3. The summed E-state index contributed by atoms with van der Waals surface area (Å²) in [4.78, 5) is 16.1. The minimum absolute atomic E-state index is 0.128. The monoisotopic (exact) mass is 382 g/mol. The van der Waals surface area contributed by atoms with E-state index >= 15 is 0 Å². The molecule has 3 rings (SSSR count). The Morgan fingerprint density at radius 2 is 1.86 bits per heavy atom. The van der Waals surface area contributed by atoms with Crippen LogP contribution < -0.4 is 9.47 Å². The van der Waals surface area contributed by atoms with E-state index in [2.05, 4.69) is 24.0 Å². The predicted molar refractivity (Wildman–Crippen MR) is 102 cm³/mol. The summed E-state index contributed by atoms with van der Waals surface area (Å²) in [6.45, 7) is 3.90. The van der Waals surface area contributed by atoms with E-state index in [0.717, 1.165) is 0 Å². The summed E-state index contributed by atoms with van der Waals surface area (Å²) in [7, 11) is 1.57. The highest BCUT2D eigenvalue weighted by Crippen LogP contribution is 2.27. The molecule has 0 spiro atoms. The number of para-hydroxylation sites is 1. The first-order valence-corrected chi connectivity index (χ1v) is 8.91. The van der Waals surface area contributed by atoms with Crippen molar-refractivity contribution in [3.63, 3.8) is 0 Å². The molecule has 0 amide bonds. The molecule has 3 aromatic rings. The van der Waals surface area contributed by atoms with Gasteiger partial charge in [-0.2, -0.15) is 4.98 Å². The number of hydrogen-bond acceptors (Lipinski definition) is 7. The summed E-state index contributed by atoms with van der Waals surface area (Å²) in [5, 5.41) is 3.90. The van der Waals surface area contributed by atoms with Crippen molar-refractivity contribution >= 4 is 5.97 Å². The van der Waals surface area contributed by atoms with Crippen LogP contribution in [0.5, 0.6) is 11.5 Å². The topological polar surface area (TPSA) is 83.7 Å². The van der Waals surface area contributed by atoms with E-state index in [9.17, 15) is 4.79 Å². The first-order chi connectivity index (χ1) is 13.6. The zero-order valence-electron chi connectivity index (χ0n) is 16.0.